The van der Waals surface area contributed by atoms with Crippen LogP contribution in [0.15, 0.2) is 47.5 Å². The van der Waals surface area contributed by atoms with Gasteiger partial charge in [0.05, 0.1) is 5.69 Å². The molecular formula is C15H15Br2NOTi. The van der Waals surface area contributed by atoms with Crippen LogP contribution in [0.2, 0.25) is 0 Å². The first-order chi connectivity index (χ1) is 9.58. The number of hydrogen-bond acceptors (Lipinski definition) is 2. The predicted molar refractivity (Wildman–Crippen MR) is 89.1 cm³/mol. The van der Waals surface area contributed by atoms with Crippen molar-refractivity contribution in [3.05, 3.63) is 59.2 Å². The van der Waals surface area contributed by atoms with Crippen molar-refractivity contribution < 1.29 is 20.1 Å². The molecule has 0 aliphatic heterocycles. The number of phenols is 1. The zero-order valence-corrected chi connectivity index (χ0v) is 16.0. The van der Waals surface area contributed by atoms with E-state index in [0.717, 1.165) is 16.8 Å². The Labute approximate surface area is 141 Å². The van der Waals surface area contributed by atoms with E-state index >= 15 is 0 Å². The fraction of sp³-hybridized carbons (Fsp3) is 0.133. The summed E-state index contributed by atoms with van der Waals surface area (Å²) in [5.41, 5.74) is 3.98. The van der Waals surface area contributed by atoms with E-state index in [1.165, 1.54) is 5.56 Å². The van der Waals surface area contributed by atoms with Gasteiger partial charge in [-0.25, -0.2) is 0 Å². The standard InChI is InChI=1S/C15H15NO.2BrH.Ti/c1-11-7-8-12(2)14(9-11)16-10-13-5-3-4-6-15(13)17;;;/h3-10,17H,1-2H3;2*1H;/q;;;+2/p-2. The molecule has 20 heavy (non-hydrogen) atoms. The van der Waals surface area contributed by atoms with Crippen LogP contribution in [-0.4, -0.2) is 11.3 Å². The summed E-state index contributed by atoms with van der Waals surface area (Å²) in [6.45, 7) is 4.06. The molecule has 0 fully saturated rings. The van der Waals surface area contributed by atoms with Crippen LogP contribution < -0.4 is 0 Å². The second-order valence-electron chi connectivity index (χ2n) is 4.18. The van der Waals surface area contributed by atoms with Crippen LogP contribution in [0.4, 0.5) is 5.69 Å². The third kappa shape index (κ3) is 5.92. The average molecular weight is 433 g/mol. The van der Waals surface area contributed by atoms with Gasteiger partial charge in [0, 0.05) is 11.8 Å². The topological polar surface area (TPSA) is 32.6 Å². The van der Waals surface area contributed by atoms with Gasteiger partial charge in [-0.15, -0.1) is 0 Å². The molecule has 0 heterocycles. The van der Waals surface area contributed by atoms with Crippen molar-refractivity contribution in [3.63, 3.8) is 0 Å². The summed E-state index contributed by atoms with van der Waals surface area (Å²) in [5, 5.41) is 9.62. The summed E-state index contributed by atoms with van der Waals surface area (Å²) in [6.07, 6.45) is 1.69. The van der Waals surface area contributed by atoms with Gasteiger partial charge in [0.25, 0.3) is 0 Å². The minimum absolute atomic E-state index is 0.125. The van der Waals surface area contributed by atoms with Crippen LogP contribution in [0.3, 0.4) is 0 Å². The molecule has 0 atom stereocenters. The molecule has 0 saturated carbocycles. The fourth-order valence-electron chi connectivity index (χ4n) is 1.59. The van der Waals surface area contributed by atoms with Crippen molar-refractivity contribution in [3.8, 4) is 5.75 Å². The normalized spacial score (nSPS) is 10.0. The summed E-state index contributed by atoms with van der Waals surface area (Å²) in [5.74, 6) is 0.251. The SMILES string of the molecule is Cc1ccc(C)c(N=Cc2ccccc2O)c1.[Br][Ti][Br]. The molecule has 1 N–H and O–H groups in total. The molecule has 0 radical (unpaired) electrons. The van der Waals surface area contributed by atoms with E-state index in [0.29, 0.717) is 0 Å². The molecule has 0 saturated heterocycles. The first-order valence-electron chi connectivity index (χ1n) is 5.94. The minimum atomic E-state index is 0.125. The first kappa shape index (κ1) is 17.6. The van der Waals surface area contributed by atoms with Crippen molar-refractivity contribution in [1.82, 2.24) is 0 Å². The van der Waals surface area contributed by atoms with Crippen molar-refractivity contribution in [2.75, 3.05) is 0 Å². The van der Waals surface area contributed by atoms with Crippen LogP contribution in [0.1, 0.15) is 16.7 Å². The second kappa shape index (κ2) is 9.51. The first-order valence-corrected chi connectivity index (χ1v) is 13.7. The second-order valence-corrected chi connectivity index (χ2v) is 12.1. The maximum atomic E-state index is 9.62. The molecule has 0 amide bonds. The van der Waals surface area contributed by atoms with Gasteiger partial charge in [-0.05, 0) is 43.2 Å². The molecular weight excluding hydrogens is 418 g/mol. The molecule has 5 heteroatoms. The molecule has 0 aliphatic carbocycles. The Morgan fingerprint density at radius 3 is 2.40 bits per heavy atom. The molecule has 104 valence electrons. The molecule has 2 nitrogen and oxygen atoms in total. The number of para-hydroxylation sites is 1. The van der Waals surface area contributed by atoms with Gasteiger partial charge in [0.2, 0.25) is 0 Å². The zero-order chi connectivity index (χ0) is 15.0. The predicted octanol–water partition coefficient (Wildman–Crippen LogP) is 5.45. The molecule has 2 aromatic rings. The number of hydrogen-bond donors (Lipinski definition) is 1. The maximum absolute atomic E-state index is 9.62. The van der Waals surface area contributed by atoms with Crippen LogP contribution in [0.5, 0.6) is 5.75 Å². The Bertz CT molecular complexity index is 588. The van der Waals surface area contributed by atoms with E-state index in [1.54, 1.807) is 18.3 Å². The summed E-state index contributed by atoms with van der Waals surface area (Å²) in [4.78, 5) is 4.41. The van der Waals surface area contributed by atoms with Crippen molar-refractivity contribution in [2.24, 2.45) is 4.99 Å². The monoisotopic (exact) mass is 431 g/mol. The van der Waals surface area contributed by atoms with Gasteiger partial charge in [-0.1, -0.05) is 24.3 Å². The van der Waals surface area contributed by atoms with Gasteiger partial charge in [-0.3, -0.25) is 4.99 Å². The Morgan fingerprint density at radius 1 is 1.10 bits per heavy atom. The van der Waals surface area contributed by atoms with E-state index in [1.807, 2.05) is 38.1 Å². The van der Waals surface area contributed by atoms with E-state index in [-0.39, 0.29) is 20.7 Å². The van der Waals surface area contributed by atoms with Crippen LogP contribution in [0.25, 0.3) is 0 Å². The van der Waals surface area contributed by atoms with Crippen LogP contribution in [-0.2, 0) is 15.0 Å². The Morgan fingerprint density at radius 2 is 1.75 bits per heavy atom. The van der Waals surface area contributed by atoms with Crippen LogP contribution in [0, 0.1) is 13.8 Å². The van der Waals surface area contributed by atoms with Crippen molar-refractivity contribution >= 4 is 38.2 Å². The molecule has 0 aliphatic rings. The van der Waals surface area contributed by atoms with Crippen molar-refractivity contribution in [2.45, 2.75) is 13.8 Å². The summed E-state index contributed by atoms with van der Waals surface area (Å²) in [6, 6.07) is 13.3. The molecule has 2 rings (SSSR count). The van der Waals surface area contributed by atoms with Gasteiger partial charge < -0.3 is 5.11 Å². The van der Waals surface area contributed by atoms with Crippen molar-refractivity contribution in [1.29, 1.82) is 0 Å². The third-order valence-electron chi connectivity index (χ3n) is 2.64. The molecule has 0 unspecified atom stereocenters. The number of halogens is 2. The Kier molecular flexibility index (Phi) is 8.38. The molecule has 0 spiro atoms. The van der Waals surface area contributed by atoms with Gasteiger partial charge >= 0.3 is 41.3 Å². The molecule has 2 aromatic carbocycles. The number of benzene rings is 2. The Balaban J connectivity index is 0.000000612. The number of aromatic hydroxyl groups is 1. The number of nitrogens with zero attached hydrogens (tertiary/aromatic N) is 1. The number of aliphatic imine (C=N–C) groups is 1. The quantitative estimate of drug-likeness (QED) is 0.496. The number of aryl methyl sites for hydroxylation is 2. The number of phenolic OH excluding ortho intramolecular Hbond substituents is 1. The van der Waals surface area contributed by atoms with E-state index < -0.39 is 0 Å². The van der Waals surface area contributed by atoms with E-state index in [9.17, 15) is 5.11 Å². The van der Waals surface area contributed by atoms with E-state index in [4.69, 9.17) is 0 Å². The van der Waals surface area contributed by atoms with Gasteiger partial charge in [0.1, 0.15) is 5.75 Å². The fourth-order valence-corrected chi connectivity index (χ4v) is 1.59. The van der Waals surface area contributed by atoms with Crippen LogP contribution >= 0.6 is 26.3 Å². The molecule has 0 aromatic heterocycles. The summed E-state index contributed by atoms with van der Waals surface area (Å²) >= 11 is 6.50. The van der Waals surface area contributed by atoms with Gasteiger partial charge in [0.15, 0.2) is 0 Å². The average Bonchev–Trinajstić information content (AvgIpc) is 2.42. The summed E-state index contributed by atoms with van der Waals surface area (Å²) in [7, 11) is 0. The zero-order valence-electron chi connectivity index (χ0n) is 11.3. The van der Waals surface area contributed by atoms with E-state index in [2.05, 4.69) is 37.4 Å². The number of rotatable bonds is 2. The Hall–Kier alpha value is -0.416. The molecule has 0 bridgehead atoms. The van der Waals surface area contributed by atoms with Gasteiger partial charge in [-0.2, -0.15) is 0 Å². The third-order valence-corrected chi connectivity index (χ3v) is 2.64. The summed E-state index contributed by atoms with van der Waals surface area (Å²) < 4.78 is 0.